The third-order valence-corrected chi connectivity index (χ3v) is 9.19. The third-order valence-electron chi connectivity index (χ3n) is 7.11. The Balaban J connectivity index is 1.45. The molecule has 2 aliphatic heterocycles. The van der Waals surface area contributed by atoms with Crippen molar-refractivity contribution in [3.05, 3.63) is 64.7 Å². The topological polar surface area (TPSA) is 92.9 Å². The zero-order chi connectivity index (χ0) is 24.2. The first-order chi connectivity index (χ1) is 16.2. The monoisotopic (exact) mass is 479 g/mol. The molecule has 1 fully saturated rings. The van der Waals surface area contributed by atoms with Crippen LogP contribution in [0.2, 0.25) is 0 Å². The van der Waals surface area contributed by atoms with Gasteiger partial charge in [0.05, 0.1) is 10.6 Å². The number of anilines is 2. The molecule has 2 heterocycles. The van der Waals surface area contributed by atoms with Gasteiger partial charge in [0.15, 0.2) is 0 Å². The number of sulfonamides is 1. The summed E-state index contributed by atoms with van der Waals surface area (Å²) < 4.78 is 34.7. The van der Waals surface area contributed by atoms with E-state index < -0.39 is 10.0 Å². The zero-order valence-corrected chi connectivity index (χ0v) is 20.5. The second-order valence-electron chi connectivity index (χ2n) is 9.28. The predicted molar refractivity (Wildman–Crippen MR) is 133 cm³/mol. The van der Waals surface area contributed by atoms with Crippen LogP contribution in [0.4, 0.5) is 16.2 Å². The van der Waals surface area contributed by atoms with Gasteiger partial charge >= 0.3 is 6.09 Å². The number of nitrogen functional groups attached to an aromatic ring is 1. The maximum atomic E-state index is 13.8. The normalized spacial score (nSPS) is 17.6. The second-order valence-corrected chi connectivity index (χ2v) is 11.2. The predicted octanol–water partition coefficient (Wildman–Crippen LogP) is 4.66. The number of benzene rings is 3. The van der Waals surface area contributed by atoms with Gasteiger partial charge in [0.2, 0.25) is 10.0 Å². The van der Waals surface area contributed by atoms with Crippen molar-refractivity contribution >= 4 is 38.3 Å². The molecular formula is C26H29N3O4S. The smallest absolute Gasteiger partial charge is 0.414 e. The van der Waals surface area contributed by atoms with Gasteiger partial charge in [-0.25, -0.2) is 13.2 Å². The van der Waals surface area contributed by atoms with E-state index in [9.17, 15) is 13.2 Å². The van der Waals surface area contributed by atoms with Crippen LogP contribution >= 0.6 is 0 Å². The molecule has 2 aliphatic rings. The van der Waals surface area contributed by atoms with E-state index in [-0.39, 0.29) is 18.7 Å². The highest BCUT2D eigenvalue weighted by Crippen LogP contribution is 2.37. The number of hydrogen-bond donors (Lipinski definition) is 1. The van der Waals surface area contributed by atoms with Crippen LogP contribution in [0.1, 0.15) is 35.1 Å². The third kappa shape index (κ3) is 3.61. The molecule has 2 N–H and O–H groups in total. The van der Waals surface area contributed by atoms with E-state index in [2.05, 4.69) is 0 Å². The van der Waals surface area contributed by atoms with Crippen LogP contribution in [0.15, 0.2) is 47.4 Å². The summed E-state index contributed by atoms with van der Waals surface area (Å²) in [6.45, 7) is 6.69. The van der Waals surface area contributed by atoms with Gasteiger partial charge in [0.1, 0.15) is 6.61 Å². The highest BCUT2D eigenvalue weighted by molar-refractivity contribution is 7.89. The molecule has 0 atom stereocenters. The number of aryl methyl sites for hydroxylation is 2. The number of hydrogen-bond acceptors (Lipinski definition) is 5. The van der Waals surface area contributed by atoms with Crippen LogP contribution in [0.25, 0.3) is 10.8 Å². The SMILES string of the molecule is Cc1ccc2c(c1)COC(=O)N2C1CCN(S(=O)(=O)c2c(C)c(C)cc3c(N)cccc23)CC1. The minimum Gasteiger partial charge on any atom is -0.444 e. The maximum Gasteiger partial charge on any atom is 0.414 e. The molecule has 0 spiro atoms. The number of carbonyl (C=O) groups is 1. The average molecular weight is 480 g/mol. The van der Waals surface area contributed by atoms with Crippen LogP contribution < -0.4 is 10.6 Å². The van der Waals surface area contributed by atoms with Crippen LogP contribution in [-0.4, -0.2) is 37.9 Å². The van der Waals surface area contributed by atoms with Crippen molar-refractivity contribution in [3.8, 4) is 0 Å². The standard InChI is InChI=1S/C26H29N3O4S/c1-16-7-8-24-19(13-16)15-33-26(30)29(24)20-9-11-28(12-10-20)34(31,32)25-18(3)17(2)14-22-21(25)5-4-6-23(22)27/h4-8,13-14,20H,9-12,15,27H2,1-3H3. The Labute approximate surface area is 200 Å². The molecule has 34 heavy (non-hydrogen) atoms. The van der Waals surface area contributed by atoms with Crippen molar-refractivity contribution in [2.24, 2.45) is 0 Å². The Morgan fingerprint density at radius 2 is 1.74 bits per heavy atom. The van der Waals surface area contributed by atoms with Crippen LogP contribution in [0.3, 0.4) is 0 Å². The Morgan fingerprint density at radius 1 is 1.00 bits per heavy atom. The number of fused-ring (bicyclic) bond motifs is 2. The fourth-order valence-corrected chi connectivity index (χ4v) is 7.12. The number of nitrogens with two attached hydrogens (primary N) is 1. The van der Waals surface area contributed by atoms with Crippen molar-refractivity contribution in [3.63, 3.8) is 0 Å². The van der Waals surface area contributed by atoms with Crippen LogP contribution in [0.5, 0.6) is 0 Å². The molecule has 0 radical (unpaired) electrons. The lowest BCUT2D eigenvalue weighted by Gasteiger charge is -2.40. The molecule has 7 nitrogen and oxygen atoms in total. The van der Waals surface area contributed by atoms with Gasteiger partial charge in [0, 0.05) is 41.2 Å². The van der Waals surface area contributed by atoms with Crippen molar-refractivity contribution in [2.75, 3.05) is 23.7 Å². The minimum absolute atomic E-state index is 0.119. The first kappa shape index (κ1) is 22.7. The van der Waals surface area contributed by atoms with Gasteiger partial charge < -0.3 is 10.5 Å². The largest absolute Gasteiger partial charge is 0.444 e. The summed E-state index contributed by atoms with van der Waals surface area (Å²) in [5.41, 5.74) is 11.3. The summed E-state index contributed by atoms with van der Waals surface area (Å²) in [5.74, 6) is 0. The Morgan fingerprint density at radius 3 is 2.47 bits per heavy atom. The number of ether oxygens (including phenoxy) is 1. The Bertz CT molecular complexity index is 1410. The second kappa shape index (κ2) is 8.29. The number of nitrogens with zero attached hydrogens (tertiary/aromatic N) is 2. The summed E-state index contributed by atoms with van der Waals surface area (Å²) >= 11 is 0. The van der Waals surface area contributed by atoms with Gasteiger partial charge in [-0.15, -0.1) is 0 Å². The molecule has 0 saturated carbocycles. The number of carbonyl (C=O) groups excluding carboxylic acids is 1. The van der Waals surface area contributed by atoms with E-state index >= 15 is 0 Å². The number of cyclic esters (lactones) is 1. The van der Waals surface area contributed by atoms with Crippen molar-refractivity contribution in [1.29, 1.82) is 0 Å². The number of amides is 1. The van der Waals surface area contributed by atoms with Gasteiger partial charge in [0.25, 0.3) is 0 Å². The molecule has 0 aromatic heterocycles. The summed E-state index contributed by atoms with van der Waals surface area (Å²) in [6, 6.07) is 13.2. The number of rotatable bonds is 3. The summed E-state index contributed by atoms with van der Waals surface area (Å²) in [7, 11) is -3.75. The molecule has 0 bridgehead atoms. The van der Waals surface area contributed by atoms with E-state index in [0.29, 0.717) is 41.9 Å². The quantitative estimate of drug-likeness (QED) is 0.552. The molecule has 0 aliphatic carbocycles. The first-order valence-corrected chi connectivity index (χ1v) is 13.0. The van der Waals surface area contributed by atoms with Gasteiger partial charge in [-0.2, -0.15) is 4.31 Å². The fraction of sp³-hybridized carbons (Fsp3) is 0.346. The van der Waals surface area contributed by atoms with Gasteiger partial charge in [-0.05, 0) is 62.9 Å². The van der Waals surface area contributed by atoms with E-state index in [0.717, 1.165) is 33.3 Å². The zero-order valence-electron chi connectivity index (χ0n) is 19.7. The maximum absolute atomic E-state index is 13.8. The summed E-state index contributed by atoms with van der Waals surface area (Å²) in [6.07, 6.45) is 0.702. The Kier molecular flexibility index (Phi) is 5.53. The lowest BCUT2D eigenvalue weighted by atomic mass is 10.0. The molecule has 0 unspecified atom stereocenters. The van der Waals surface area contributed by atoms with Crippen molar-refractivity contribution in [1.82, 2.24) is 4.31 Å². The Hall–Kier alpha value is -3.10. The van der Waals surface area contributed by atoms with Crippen molar-refractivity contribution < 1.29 is 17.9 Å². The summed E-state index contributed by atoms with van der Waals surface area (Å²) in [5, 5.41) is 1.40. The molecule has 3 aromatic carbocycles. The number of piperidine rings is 1. The van der Waals surface area contributed by atoms with E-state index in [4.69, 9.17) is 10.5 Å². The van der Waals surface area contributed by atoms with E-state index in [1.807, 2.05) is 51.1 Å². The molecule has 3 aromatic rings. The fourth-order valence-electron chi connectivity index (χ4n) is 5.17. The van der Waals surface area contributed by atoms with E-state index in [1.165, 1.54) is 0 Å². The lowest BCUT2D eigenvalue weighted by molar-refractivity contribution is 0.135. The minimum atomic E-state index is -3.75. The van der Waals surface area contributed by atoms with Crippen LogP contribution in [-0.2, 0) is 21.4 Å². The van der Waals surface area contributed by atoms with E-state index in [1.54, 1.807) is 21.3 Å². The average Bonchev–Trinajstić information content (AvgIpc) is 2.80. The van der Waals surface area contributed by atoms with Gasteiger partial charge in [-0.3, -0.25) is 4.90 Å². The molecule has 178 valence electrons. The first-order valence-electron chi connectivity index (χ1n) is 11.5. The van der Waals surface area contributed by atoms with Crippen molar-refractivity contribution in [2.45, 2.75) is 51.2 Å². The summed E-state index contributed by atoms with van der Waals surface area (Å²) in [4.78, 5) is 14.7. The molecule has 5 rings (SSSR count). The molecule has 1 amide bonds. The van der Waals surface area contributed by atoms with Crippen LogP contribution in [0, 0.1) is 20.8 Å². The molecular weight excluding hydrogens is 450 g/mol. The lowest BCUT2D eigenvalue weighted by Crippen LogP contribution is -2.50. The highest BCUT2D eigenvalue weighted by Gasteiger charge is 2.38. The highest BCUT2D eigenvalue weighted by atomic mass is 32.2. The molecule has 8 heteroatoms. The van der Waals surface area contributed by atoms with Gasteiger partial charge in [-0.1, -0.05) is 29.8 Å². The molecule has 1 saturated heterocycles.